The van der Waals surface area contributed by atoms with Crippen LogP contribution in [0.5, 0.6) is 0 Å². The molecule has 1 unspecified atom stereocenters. The largest absolute Gasteiger partial charge is 0.444 e. The van der Waals surface area contributed by atoms with Gasteiger partial charge in [0.1, 0.15) is 5.60 Å². The smallest absolute Gasteiger partial charge is 0.411 e. The summed E-state index contributed by atoms with van der Waals surface area (Å²) >= 11 is 0. The maximum Gasteiger partial charge on any atom is 0.411 e. The molecule has 0 aliphatic carbocycles. The van der Waals surface area contributed by atoms with E-state index in [2.05, 4.69) is 5.32 Å². The highest BCUT2D eigenvalue weighted by Gasteiger charge is 2.20. The van der Waals surface area contributed by atoms with E-state index in [9.17, 15) is 9.90 Å². The van der Waals surface area contributed by atoms with Crippen molar-refractivity contribution in [3.05, 3.63) is 11.3 Å². The van der Waals surface area contributed by atoms with Gasteiger partial charge in [-0.25, -0.2) is 4.79 Å². The Labute approximate surface area is 104 Å². The molecule has 1 atom stereocenters. The fourth-order valence-corrected chi connectivity index (χ4v) is 1.37. The molecule has 0 aromatic rings. The van der Waals surface area contributed by atoms with E-state index in [0.717, 1.165) is 12.0 Å². The molecule has 0 bridgehead atoms. The molecule has 0 heterocycles. The maximum absolute atomic E-state index is 11.6. The third-order valence-corrected chi connectivity index (χ3v) is 2.07. The van der Waals surface area contributed by atoms with Crippen LogP contribution >= 0.6 is 0 Å². The molecule has 4 nitrogen and oxygen atoms in total. The molecule has 0 spiro atoms. The molecule has 0 aliphatic rings. The molecule has 0 aromatic heterocycles. The van der Waals surface area contributed by atoms with Crippen LogP contribution in [0.3, 0.4) is 0 Å². The molecule has 0 aromatic carbocycles. The van der Waals surface area contributed by atoms with Crippen LogP contribution < -0.4 is 5.32 Å². The Morgan fingerprint density at radius 1 is 1.35 bits per heavy atom. The maximum atomic E-state index is 11.6. The monoisotopic (exact) mass is 243 g/mol. The van der Waals surface area contributed by atoms with Crippen molar-refractivity contribution in [3.63, 3.8) is 0 Å². The first-order chi connectivity index (χ1) is 7.67. The molecule has 0 rings (SSSR count). The summed E-state index contributed by atoms with van der Waals surface area (Å²) in [5, 5.41) is 12.5. The highest BCUT2D eigenvalue weighted by Crippen LogP contribution is 2.13. The van der Waals surface area contributed by atoms with E-state index in [1.165, 1.54) is 0 Å². The second kappa shape index (κ2) is 6.64. The topological polar surface area (TPSA) is 58.6 Å². The number of rotatable bonds is 4. The lowest BCUT2D eigenvalue weighted by molar-refractivity contribution is 0.0523. The molecule has 0 aliphatic heterocycles. The number of ether oxygens (including phenoxy) is 1. The number of allylic oxidation sites excluding steroid dienone is 1. The standard InChI is InChI=1S/C13H25NO3/c1-7-8-10(15)11(9(2)3)14-12(16)17-13(4,5)6/h10,15H,7-8H2,1-6H3,(H,14,16). The van der Waals surface area contributed by atoms with Gasteiger partial charge in [0, 0.05) is 5.70 Å². The number of aliphatic hydroxyl groups is 1. The first-order valence-corrected chi connectivity index (χ1v) is 6.02. The van der Waals surface area contributed by atoms with Crippen LogP contribution in [0.4, 0.5) is 4.79 Å². The Balaban J connectivity index is 4.59. The number of carbonyl (C=O) groups excluding carboxylic acids is 1. The van der Waals surface area contributed by atoms with Crippen molar-refractivity contribution >= 4 is 6.09 Å². The van der Waals surface area contributed by atoms with Gasteiger partial charge in [-0.3, -0.25) is 5.32 Å². The Bertz CT molecular complexity index is 286. The van der Waals surface area contributed by atoms with Gasteiger partial charge in [0.25, 0.3) is 0 Å². The van der Waals surface area contributed by atoms with Gasteiger partial charge in [0.15, 0.2) is 0 Å². The van der Waals surface area contributed by atoms with Crippen molar-refractivity contribution in [1.29, 1.82) is 0 Å². The van der Waals surface area contributed by atoms with Gasteiger partial charge in [-0.05, 0) is 41.0 Å². The van der Waals surface area contributed by atoms with Crippen LogP contribution in [0.25, 0.3) is 0 Å². The van der Waals surface area contributed by atoms with Gasteiger partial charge in [-0.15, -0.1) is 0 Å². The lowest BCUT2D eigenvalue weighted by Gasteiger charge is -2.22. The average molecular weight is 243 g/mol. The Hall–Kier alpha value is -1.03. The predicted octanol–water partition coefficient (Wildman–Crippen LogP) is 2.97. The minimum absolute atomic E-state index is 0.524. The first-order valence-electron chi connectivity index (χ1n) is 6.02. The normalized spacial score (nSPS) is 12.9. The molecule has 2 N–H and O–H groups in total. The fourth-order valence-electron chi connectivity index (χ4n) is 1.37. The summed E-state index contributed by atoms with van der Waals surface area (Å²) in [6.07, 6.45) is 0.311. The highest BCUT2D eigenvalue weighted by atomic mass is 16.6. The minimum Gasteiger partial charge on any atom is -0.444 e. The van der Waals surface area contributed by atoms with Crippen molar-refractivity contribution in [2.45, 2.75) is 66.1 Å². The van der Waals surface area contributed by atoms with Crippen molar-refractivity contribution in [2.24, 2.45) is 0 Å². The molecule has 0 saturated carbocycles. The lowest BCUT2D eigenvalue weighted by Crippen LogP contribution is -2.35. The highest BCUT2D eigenvalue weighted by molar-refractivity contribution is 5.70. The first kappa shape index (κ1) is 16.0. The minimum atomic E-state index is -0.641. The van der Waals surface area contributed by atoms with Gasteiger partial charge in [-0.2, -0.15) is 0 Å². The summed E-state index contributed by atoms with van der Waals surface area (Å²) in [6, 6.07) is 0. The van der Waals surface area contributed by atoms with E-state index in [1.807, 2.05) is 20.8 Å². The van der Waals surface area contributed by atoms with E-state index in [0.29, 0.717) is 12.1 Å². The van der Waals surface area contributed by atoms with E-state index in [4.69, 9.17) is 4.74 Å². The van der Waals surface area contributed by atoms with Crippen molar-refractivity contribution in [1.82, 2.24) is 5.32 Å². The van der Waals surface area contributed by atoms with Crippen LogP contribution in [0, 0.1) is 0 Å². The molecular weight excluding hydrogens is 218 g/mol. The van der Waals surface area contributed by atoms with Gasteiger partial charge in [-0.1, -0.05) is 18.9 Å². The van der Waals surface area contributed by atoms with Crippen molar-refractivity contribution in [2.75, 3.05) is 0 Å². The Kier molecular flexibility index (Phi) is 6.24. The van der Waals surface area contributed by atoms with E-state index in [1.54, 1.807) is 20.8 Å². The predicted molar refractivity (Wildman–Crippen MR) is 68.7 cm³/mol. The Morgan fingerprint density at radius 3 is 2.24 bits per heavy atom. The van der Waals surface area contributed by atoms with Gasteiger partial charge >= 0.3 is 6.09 Å². The van der Waals surface area contributed by atoms with Crippen molar-refractivity contribution < 1.29 is 14.6 Å². The SMILES string of the molecule is CCCC(O)C(NC(=O)OC(C)(C)C)=C(C)C. The zero-order valence-corrected chi connectivity index (χ0v) is 11.8. The summed E-state index contributed by atoms with van der Waals surface area (Å²) < 4.78 is 5.15. The number of amides is 1. The van der Waals surface area contributed by atoms with E-state index >= 15 is 0 Å². The summed E-state index contributed by atoms with van der Waals surface area (Å²) in [4.78, 5) is 11.6. The molecule has 0 saturated heterocycles. The number of nitrogens with one attached hydrogen (secondary N) is 1. The van der Waals surface area contributed by atoms with Crippen LogP contribution in [-0.4, -0.2) is 22.9 Å². The molecule has 17 heavy (non-hydrogen) atoms. The van der Waals surface area contributed by atoms with Gasteiger partial charge in [0.05, 0.1) is 6.10 Å². The second-order valence-electron chi connectivity index (χ2n) is 5.35. The molecular formula is C13H25NO3. The molecule has 1 amide bonds. The number of hydrogen-bond donors (Lipinski definition) is 2. The zero-order valence-electron chi connectivity index (χ0n) is 11.8. The second-order valence-corrected chi connectivity index (χ2v) is 5.35. The molecule has 0 radical (unpaired) electrons. The summed E-state index contributed by atoms with van der Waals surface area (Å²) in [7, 11) is 0. The van der Waals surface area contributed by atoms with Gasteiger partial charge in [0.2, 0.25) is 0 Å². The van der Waals surface area contributed by atoms with Crippen LogP contribution in [0.1, 0.15) is 54.4 Å². The fraction of sp³-hybridized carbons (Fsp3) is 0.769. The zero-order chi connectivity index (χ0) is 13.6. The molecule has 100 valence electrons. The van der Waals surface area contributed by atoms with Gasteiger partial charge < -0.3 is 9.84 Å². The summed E-state index contributed by atoms with van der Waals surface area (Å²) in [6.45, 7) is 11.1. The average Bonchev–Trinajstić information content (AvgIpc) is 2.11. The van der Waals surface area contributed by atoms with Crippen LogP contribution in [-0.2, 0) is 4.74 Å². The summed E-state index contributed by atoms with van der Waals surface area (Å²) in [5.41, 5.74) is 0.893. The van der Waals surface area contributed by atoms with E-state index < -0.39 is 17.8 Å². The summed E-state index contributed by atoms with van der Waals surface area (Å²) in [5.74, 6) is 0. The number of carbonyl (C=O) groups is 1. The van der Waals surface area contributed by atoms with Crippen LogP contribution in [0.2, 0.25) is 0 Å². The number of aliphatic hydroxyl groups excluding tert-OH is 1. The number of alkyl carbamates (subject to hydrolysis) is 1. The third kappa shape index (κ3) is 7.00. The van der Waals surface area contributed by atoms with E-state index in [-0.39, 0.29) is 0 Å². The molecule has 4 heteroatoms. The Morgan fingerprint density at radius 2 is 1.88 bits per heavy atom. The third-order valence-electron chi connectivity index (χ3n) is 2.07. The lowest BCUT2D eigenvalue weighted by atomic mass is 10.1. The quantitative estimate of drug-likeness (QED) is 0.798. The van der Waals surface area contributed by atoms with Crippen molar-refractivity contribution in [3.8, 4) is 0 Å². The number of hydrogen-bond acceptors (Lipinski definition) is 3. The van der Waals surface area contributed by atoms with Crippen LogP contribution in [0.15, 0.2) is 11.3 Å². The molecule has 0 fully saturated rings.